The average Bonchev–Trinajstić information content (AvgIpc) is 0.811. The number of rotatable bonds is 0. The second-order valence-corrected chi connectivity index (χ2v) is 0.250. The molecule has 0 bridgehead atoms. The summed E-state index contributed by atoms with van der Waals surface area (Å²) >= 11 is 0. The number of carbonyl (C=O) groups excluding carboxylic acids is 1. The van der Waals surface area contributed by atoms with Crippen molar-refractivity contribution in [2.24, 2.45) is 0 Å². The van der Waals surface area contributed by atoms with Crippen LogP contribution in [-0.2, 0) is 0 Å². The first-order valence-electron chi connectivity index (χ1n) is 0.612. The van der Waals surface area contributed by atoms with E-state index in [2.05, 4.69) is 0 Å². The van der Waals surface area contributed by atoms with Crippen molar-refractivity contribution in [3.63, 3.8) is 0 Å². The summed E-state index contributed by atoms with van der Waals surface area (Å²) in [5.41, 5.74) is 0. The van der Waals surface area contributed by atoms with Crippen molar-refractivity contribution < 1.29 is 15.0 Å². The van der Waals surface area contributed by atoms with Crippen LogP contribution >= 0.6 is 0 Å². The van der Waals surface area contributed by atoms with Crippen LogP contribution in [0.15, 0.2) is 0 Å². The van der Waals surface area contributed by atoms with Crippen molar-refractivity contribution in [3.05, 3.63) is 0 Å². The first-order chi connectivity index (χ1) is 1.73. The maximum Gasteiger partial charge on any atom is 3.00 e. The van der Waals surface area contributed by atoms with Crippen LogP contribution in [-0.4, -0.2) is 77.8 Å². The molecule has 5 heteroatoms. The maximum absolute atomic E-state index is 8.33. The molecule has 0 aromatic carbocycles. The van der Waals surface area contributed by atoms with Gasteiger partial charge in [0, 0.05) is 0 Å². The van der Waals surface area contributed by atoms with Crippen molar-refractivity contribution in [1.82, 2.24) is 0 Å². The molecule has 0 amide bonds. The van der Waals surface area contributed by atoms with Gasteiger partial charge in [-0.25, -0.2) is 0 Å². The van der Waals surface area contributed by atoms with E-state index < -0.39 is 6.16 Å². The summed E-state index contributed by atoms with van der Waals surface area (Å²) in [6, 6.07) is 0. The minimum Gasteiger partial charge on any atom is -0.652 e. The predicted molar refractivity (Wildman–Crippen MR) is 16.9 cm³/mol. The third-order valence-corrected chi connectivity index (χ3v) is 0. The van der Waals surface area contributed by atoms with E-state index in [-0.39, 0.29) is 71.7 Å². The Bertz CT molecular complexity index is 33.8. The first kappa shape index (κ1) is 15.6. The van der Waals surface area contributed by atoms with Crippen LogP contribution in [0.3, 0.4) is 0 Å². The van der Waals surface area contributed by atoms with Crippen LogP contribution < -0.4 is 10.2 Å². The quantitative estimate of drug-likeness (QED) is 0.429. The Kier molecular flexibility index (Phi) is 25.6. The fourth-order valence-corrected chi connectivity index (χ4v) is 0. The molecule has 0 aromatic heterocycles. The predicted octanol–water partition coefficient (Wildman–Crippen LogP) is -3.21. The Labute approximate surface area is 91.1 Å². The summed E-state index contributed by atoms with van der Waals surface area (Å²) in [5.74, 6) is 0. The van der Waals surface area contributed by atoms with Crippen molar-refractivity contribution in [1.29, 1.82) is 0 Å². The fourth-order valence-electron chi connectivity index (χ4n) is 0. The minimum atomic E-state index is -2.33. The molecule has 0 aliphatic rings. The molecule has 2 radical (unpaired) electrons. The van der Waals surface area contributed by atoms with Crippen molar-refractivity contribution in [3.8, 4) is 0 Å². The zero-order chi connectivity index (χ0) is 3.58. The van der Waals surface area contributed by atoms with Crippen LogP contribution in [0.2, 0.25) is 0 Å². The molecule has 6 heavy (non-hydrogen) atoms. The average molecular weight is 357 g/mol. The van der Waals surface area contributed by atoms with Gasteiger partial charge in [0.15, 0.2) is 0 Å². The molecule has 0 saturated heterocycles. The summed E-state index contributed by atoms with van der Waals surface area (Å²) in [4.78, 5) is 8.33. The molecule has 0 heterocycles. The molecule has 0 aromatic rings. The van der Waals surface area contributed by atoms with Gasteiger partial charge in [-0.3, -0.25) is 0 Å². The number of hydrogen-bond donors (Lipinski definition) is 0. The maximum atomic E-state index is 8.33. The normalized spacial score (nSPS) is 4.00. The molecule has 0 N–H and O–H groups in total. The third-order valence-electron chi connectivity index (χ3n) is 0. The molecule has 0 aliphatic heterocycles. The standard InChI is InChI=1S/CH2O3.Bi.Sr/c2-1(3)4;;/h(H2,2,3,4);;/q;+3;+2/p-2. The van der Waals surface area contributed by atoms with Gasteiger partial charge in [0.2, 0.25) is 0 Å². The molecule has 0 fully saturated rings. The van der Waals surface area contributed by atoms with Gasteiger partial charge in [-0.2, -0.15) is 0 Å². The molecular weight excluding hydrogens is 357 g/mol. The number of carboxylic acid groups (broad SMARTS) is 2. The second-order valence-electron chi connectivity index (χ2n) is 0.250. The van der Waals surface area contributed by atoms with Crippen LogP contribution in [0, 0.1) is 0 Å². The summed E-state index contributed by atoms with van der Waals surface area (Å²) in [6.45, 7) is 0. The molecule has 0 rings (SSSR count). The molecule has 0 aliphatic carbocycles. The molecule has 0 unspecified atom stereocenters. The van der Waals surface area contributed by atoms with Gasteiger partial charge >= 0.3 is 71.7 Å². The molecule has 0 spiro atoms. The number of hydrogen-bond acceptors (Lipinski definition) is 3. The largest absolute Gasteiger partial charge is 3.00 e. The van der Waals surface area contributed by atoms with E-state index in [1.807, 2.05) is 0 Å². The van der Waals surface area contributed by atoms with Gasteiger partial charge in [0.1, 0.15) is 0 Å². The van der Waals surface area contributed by atoms with E-state index in [9.17, 15) is 0 Å². The zero-order valence-electron chi connectivity index (χ0n) is 2.88. The summed E-state index contributed by atoms with van der Waals surface area (Å²) in [6.07, 6.45) is -2.33. The summed E-state index contributed by atoms with van der Waals surface area (Å²) < 4.78 is 0. The second kappa shape index (κ2) is 9.81. The van der Waals surface area contributed by atoms with Crippen molar-refractivity contribution >= 4 is 77.8 Å². The monoisotopic (exact) mass is 357 g/mol. The van der Waals surface area contributed by atoms with E-state index in [0.717, 1.165) is 0 Å². The molecule has 0 saturated carbocycles. The molecule has 26 valence electrons. The summed E-state index contributed by atoms with van der Waals surface area (Å²) in [5, 5.41) is 16.7. The minimum absolute atomic E-state index is 0. The molecule has 3 nitrogen and oxygen atoms in total. The Morgan fingerprint density at radius 3 is 1.33 bits per heavy atom. The topological polar surface area (TPSA) is 63.2 Å². The zero-order valence-corrected chi connectivity index (χ0v) is 9.83. The van der Waals surface area contributed by atoms with E-state index in [0.29, 0.717) is 0 Å². The van der Waals surface area contributed by atoms with E-state index in [1.165, 1.54) is 0 Å². The van der Waals surface area contributed by atoms with Crippen LogP contribution in [0.5, 0.6) is 0 Å². The SMILES string of the molecule is O=C([O-])[O-].[Bi+3].[Sr+2]. The van der Waals surface area contributed by atoms with Crippen LogP contribution in [0.1, 0.15) is 0 Å². The van der Waals surface area contributed by atoms with E-state index in [1.54, 1.807) is 0 Å². The number of carbonyl (C=O) groups is 1. The van der Waals surface area contributed by atoms with Crippen molar-refractivity contribution in [2.75, 3.05) is 0 Å². The first-order valence-corrected chi connectivity index (χ1v) is 0.612. The van der Waals surface area contributed by atoms with E-state index >= 15 is 0 Å². The Morgan fingerprint density at radius 2 is 1.33 bits per heavy atom. The third kappa shape index (κ3) is 45.3. The fraction of sp³-hybridized carbons (Fsp3) is 0. The van der Waals surface area contributed by atoms with E-state index in [4.69, 9.17) is 15.0 Å². The molecule has 0 atom stereocenters. The van der Waals surface area contributed by atoms with Gasteiger partial charge in [0.05, 0.1) is 0 Å². The van der Waals surface area contributed by atoms with Gasteiger partial charge in [-0.15, -0.1) is 0 Å². The Morgan fingerprint density at radius 1 is 1.33 bits per heavy atom. The van der Waals surface area contributed by atoms with Crippen LogP contribution in [0.4, 0.5) is 4.79 Å². The van der Waals surface area contributed by atoms with Crippen molar-refractivity contribution in [2.45, 2.75) is 0 Å². The van der Waals surface area contributed by atoms with Gasteiger partial charge in [-0.05, 0) is 6.16 Å². The van der Waals surface area contributed by atoms with Crippen LogP contribution in [0.25, 0.3) is 0 Å². The van der Waals surface area contributed by atoms with Gasteiger partial charge < -0.3 is 15.0 Å². The van der Waals surface area contributed by atoms with Gasteiger partial charge in [-0.1, -0.05) is 0 Å². The van der Waals surface area contributed by atoms with Gasteiger partial charge in [0.25, 0.3) is 0 Å². The Hall–Kier alpha value is 1.63. The molecular formula is CBiO3Sr+3. The summed E-state index contributed by atoms with van der Waals surface area (Å²) in [7, 11) is 0. The smallest absolute Gasteiger partial charge is 0.652 e. The Balaban J connectivity index is -0.0000000450.